The maximum Gasteiger partial charge on any atom is 0.267 e. The standard InChI is InChI=1S/C20H28N4O2/c1-2-3-4-11-23-12-5-6-17(14-23)24-15-21-18-13-16(7-9-19(18)24)8-10-20(25)22-26/h7-10,13,15,17,26H,2-6,11-12,14H2,1H3,(H,22,25). The Labute approximate surface area is 154 Å². The predicted octanol–water partition coefficient (Wildman–Crippen LogP) is 3.38. The van der Waals surface area contributed by atoms with Gasteiger partial charge in [0, 0.05) is 18.7 Å². The van der Waals surface area contributed by atoms with Gasteiger partial charge >= 0.3 is 0 Å². The number of fused-ring (bicyclic) bond motifs is 1. The Kier molecular flexibility index (Phi) is 6.41. The van der Waals surface area contributed by atoms with E-state index in [9.17, 15) is 4.79 Å². The molecule has 1 amide bonds. The number of unbranched alkanes of at least 4 members (excludes halogenated alkanes) is 2. The van der Waals surface area contributed by atoms with Gasteiger partial charge in [0.1, 0.15) is 0 Å². The van der Waals surface area contributed by atoms with E-state index >= 15 is 0 Å². The van der Waals surface area contributed by atoms with Crippen molar-refractivity contribution in [2.45, 2.75) is 45.1 Å². The molecule has 0 radical (unpaired) electrons. The fraction of sp³-hybridized carbons (Fsp3) is 0.500. The first-order valence-corrected chi connectivity index (χ1v) is 9.52. The van der Waals surface area contributed by atoms with Crippen LogP contribution < -0.4 is 5.48 Å². The molecule has 1 fully saturated rings. The number of hydrogen-bond donors (Lipinski definition) is 2. The summed E-state index contributed by atoms with van der Waals surface area (Å²) in [6.45, 7) is 5.73. The van der Waals surface area contributed by atoms with E-state index in [-0.39, 0.29) is 0 Å². The Balaban J connectivity index is 1.72. The van der Waals surface area contributed by atoms with Gasteiger partial charge in [0.05, 0.1) is 17.4 Å². The molecule has 6 heteroatoms. The molecule has 2 heterocycles. The first kappa shape index (κ1) is 18.6. The SMILES string of the molecule is CCCCCN1CCCC(n2cnc3cc(C=CC(=O)NO)ccc32)C1. The monoisotopic (exact) mass is 356 g/mol. The van der Waals surface area contributed by atoms with E-state index in [0.717, 1.165) is 23.1 Å². The Hall–Kier alpha value is -2.18. The zero-order valence-electron chi connectivity index (χ0n) is 15.4. The molecule has 1 unspecified atom stereocenters. The fourth-order valence-corrected chi connectivity index (χ4v) is 3.70. The van der Waals surface area contributed by atoms with E-state index < -0.39 is 5.91 Å². The Morgan fingerprint density at radius 1 is 1.42 bits per heavy atom. The van der Waals surface area contributed by atoms with Crippen LogP contribution in [0.2, 0.25) is 0 Å². The molecule has 2 aromatic rings. The molecule has 1 aliphatic heterocycles. The number of piperidine rings is 1. The van der Waals surface area contributed by atoms with E-state index in [1.807, 2.05) is 18.5 Å². The van der Waals surface area contributed by atoms with Crippen molar-refractivity contribution >= 4 is 23.0 Å². The highest BCUT2D eigenvalue weighted by Gasteiger charge is 2.22. The molecular weight excluding hydrogens is 328 g/mol. The molecule has 0 spiro atoms. The van der Waals surface area contributed by atoms with Gasteiger partial charge in [-0.2, -0.15) is 0 Å². The van der Waals surface area contributed by atoms with Gasteiger partial charge < -0.3 is 9.47 Å². The molecule has 0 aliphatic carbocycles. The molecule has 1 aromatic heterocycles. The van der Waals surface area contributed by atoms with E-state index in [1.54, 1.807) is 11.6 Å². The smallest absolute Gasteiger partial charge is 0.267 e. The second-order valence-electron chi connectivity index (χ2n) is 7.01. The second kappa shape index (κ2) is 8.96. The molecule has 140 valence electrons. The highest BCUT2D eigenvalue weighted by molar-refractivity contribution is 5.91. The van der Waals surface area contributed by atoms with Gasteiger partial charge in [0.2, 0.25) is 0 Å². The second-order valence-corrected chi connectivity index (χ2v) is 7.01. The molecule has 0 saturated carbocycles. The molecule has 1 aliphatic rings. The van der Waals surface area contributed by atoms with E-state index in [1.165, 1.54) is 51.3 Å². The van der Waals surface area contributed by atoms with Crippen molar-refractivity contribution in [1.29, 1.82) is 0 Å². The Bertz CT molecular complexity index is 768. The van der Waals surface area contributed by atoms with Crippen molar-refractivity contribution < 1.29 is 10.0 Å². The van der Waals surface area contributed by atoms with Crippen LogP contribution in [-0.2, 0) is 4.79 Å². The molecule has 0 bridgehead atoms. The van der Waals surface area contributed by atoms with E-state index in [2.05, 4.69) is 27.4 Å². The first-order chi connectivity index (χ1) is 12.7. The van der Waals surface area contributed by atoms with Crippen LogP contribution in [0, 0.1) is 0 Å². The highest BCUT2D eigenvalue weighted by Crippen LogP contribution is 2.26. The molecule has 2 N–H and O–H groups in total. The topological polar surface area (TPSA) is 70.4 Å². The molecule has 1 saturated heterocycles. The van der Waals surface area contributed by atoms with Crippen LogP contribution in [0.1, 0.15) is 50.6 Å². The Morgan fingerprint density at radius 2 is 2.31 bits per heavy atom. The van der Waals surface area contributed by atoms with Gasteiger partial charge in [-0.05, 0) is 56.1 Å². The van der Waals surface area contributed by atoms with Crippen LogP contribution in [0.4, 0.5) is 0 Å². The van der Waals surface area contributed by atoms with Gasteiger partial charge in [-0.25, -0.2) is 10.5 Å². The summed E-state index contributed by atoms with van der Waals surface area (Å²) in [5, 5.41) is 8.55. The summed E-state index contributed by atoms with van der Waals surface area (Å²) in [5.74, 6) is -0.541. The van der Waals surface area contributed by atoms with Crippen LogP contribution in [0.5, 0.6) is 0 Å². The average Bonchev–Trinajstić information content (AvgIpc) is 3.10. The summed E-state index contributed by atoms with van der Waals surface area (Å²) < 4.78 is 2.30. The van der Waals surface area contributed by atoms with Crippen molar-refractivity contribution in [2.75, 3.05) is 19.6 Å². The summed E-state index contributed by atoms with van der Waals surface area (Å²) in [7, 11) is 0. The van der Waals surface area contributed by atoms with Crippen molar-refractivity contribution in [1.82, 2.24) is 19.9 Å². The number of hydrogen-bond acceptors (Lipinski definition) is 4. The van der Waals surface area contributed by atoms with Crippen LogP contribution in [0.15, 0.2) is 30.6 Å². The quantitative estimate of drug-likeness (QED) is 0.345. The minimum atomic E-state index is -0.541. The number of nitrogens with zero attached hydrogens (tertiary/aromatic N) is 3. The minimum absolute atomic E-state index is 0.469. The number of hydroxylamine groups is 1. The normalized spacial score (nSPS) is 18.6. The number of carbonyl (C=O) groups excluding carboxylic acids is 1. The molecule has 26 heavy (non-hydrogen) atoms. The maximum absolute atomic E-state index is 11.1. The maximum atomic E-state index is 11.1. The molecule has 6 nitrogen and oxygen atoms in total. The summed E-state index contributed by atoms with van der Waals surface area (Å²) in [4.78, 5) is 18.3. The number of carbonyl (C=O) groups is 1. The third kappa shape index (κ3) is 4.51. The van der Waals surface area contributed by atoms with Crippen molar-refractivity contribution in [3.8, 4) is 0 Å². The number of aromatic nitrogens is 2. The largest absolute Gasteiger partial charge is 0.326 e. The summed E-state index contributed by atoms with van der Waals surface area (Å²) in [5.41, 5.74) is 4.54. The lowest BCUT2D eigenvalue weighted by molar-refractivity contribution is -0.124. The van der Waals surface area contributed by atoms with E-state index in [4.69, 9.17) is 5.21 Å². The average molecular weight is 356 g/mol. The number of likely N-dealkylation sites (tertiary alicyclic amines) is 1. The van der Waals surface area contributed by atoms with Gasteiger partial charge in [0.25, 0.3) is 5.91 Å². The number of nitrogens with one attached hydrogen (secondary N) is 1. The molecule has 1 atom stereocenters. The highest BCUT2D eigenvalue weighted by atomic mass is 16.5. The number of amides is 1. The zero-order valence-corrected chi connectivity index (χ0v) is 15.4. The summed E-state index contributed by atoms with van der Waals surface area (Å²) in [6, 6.07) is 6.48. The van der Waals surface area contributed by atoms with Crippen LogP contribution >= 0.6 is 0 Å². The number of benzene rings is 1. The summed E-state index contributed by atoms with van der Waals surface area (Å²) >= 11 is 0. The van der Waals surface area contributed by atoms with Gasteiger partial charge in [-0.1, -0.05) is 25.8 Å². The predicted molar refractivity (Wildman–Crippen MR) is 103 cm³/mol. The van der Waals surface area contributed by atoms with Crippen molar-refractivity contribution in [3.05, 3.63) is 36.2 Å². The van der Waals surface area contributed by atoms with Crippen LogP contribution in [0.25, 0.3) is 17.1 Å². The van der Waals surface area contributed by atoms with Gasteiger partial charge in [-0.15, -0.1) is 0 Å². The first-order valence-electron chi connectivity index (χ1n) is 9.52. The Morgan fingerprint density at radius 3 is 3.12 bits per heavy atom. The lowest BCUT2D eigenvalue weighted by atomic mass is 10.0. The fourth-order valence-electron chi connectivity index (χ4n) is 3.70. The van der Waals surface area contributed by atoms with Crippen LogP contribution in [0.3, 0.4) is 0 Å². The van der Waals surface area contributed by atoms with Crippen molar-refractivity contribution in [2.24, 2.45) is 0 Å². The lowest BCUT2D eigenvalue weighted by Gasteiger charge is -2.33. The van der Waals surface area contributed by atoms with Gasteiger partial charge in [-0.3, -0.25) is 10.0 Å². The van der Waals surface area contributed by atoms with E-state index in [0.29, 0.717) is 6.04 Å². The summed E-state index contributed by atoms with van der Waals surface area (Å²) in [6.07, 6.45) is 11.2. The van der Waals surface area contributed by atoms with Gasteiger partial charge in [0.15, 0.2) is 0 Å². The number of imidazole rings is 1. The van der Waals surface area contributed by atoms with Crippen molar-refractivity contribution in [3.63, 3.8) is 0 Å². The molecule has 1 aromatic carbocycles. The molecular formula is C20H28N4O2. The number of rotatable bonds is 7. The third-order valence-corrected chi connectivity index (χ3v) is 5.09. The molecule has 3 rings (SSSR count). The zero-order chi connectivity index (χ0) is 18.4. The third-order valence-electron chi connectivity index (χ3n) is 5.09. The lowest BCUT2D eigenvalue weighted by Crippen LogP contribution is -2.37. The van der Waals surface area contributed by atoms with Crippen LogP contribution in [-0.4, -0.2) is 45.2 Å². The minimum Gasteiger partial charge on any atom is -0.326 e.